The van der Waals surface area contributed by atoms with Crippen LogP contribution in [0, 0.1) is 12.7 Å². The van der Waals surface area contributed by atoms with E-state index in [2.05, 4.69) is 0 Å². The van der Waals surface area contributed by atoms with E-state index < -0.39 is 12.9 Å². The lowest BCUT2D eigenvalue weighted by atomic mass is 9.77. The summed E-state index contributed by atoms with van der Waals surface area (Å²) < 4.78 is 24.0. The summed E-state index contributed by atoms with van der Waals surface area (Å²) in [6, 6.07) is 9.27. The highest BCUT2D eigenvalue weighted by atomic mass is 19.1. The molecular formula is C15H16BFO4. The zero-order valence-electron chi connectivity index (χ0n) is 11.8. The molecule has 21 heavy (non-hydrogen) atoms. The largest absolute Gasteiger partial charge is 0.493 e. The number of halogens is 1. The molecule has 0 saturated heterocycles. The van der Waals surface area contributed by atoms with Crippen molar-refractivity contribution in [3.05, 3.63) is 53.3 Å². The smallest absolute Gasteiger partial charge is 0.488 e. The minimum atomic E-state index is -1.75. The molecule has 4 nitrogen and oxygen atoms in total. The summed E-state index contributed by atoms with van der Waals surface area (Å²) in [7, 11) is -0.207. The Bertz CT molecular complexity index is 631. The highest BCUT2D eigenvalue weighted by Crippen LogP contribution is 2.28. The molecule has 0 unspecified atom stereocenters. The Morgan fingerprint density at radius 1 is 1.10 bits per heavy atom. The van der Waals surface area contributed by atoms with Crippen LogP contribution in [0.25, 0.3) is 0 Å². The summed E-state index contributed by atoms with van der Waals surface area (Å²) in [4.78, 5) is 0. The van der Waals surface area contributed by atoms with E-state index in [0.29, 0.717) is 17.1 Å². The zero-order chi connectivity index (χ0) is 15.4. The molecule has 0 heterocycles. The Kier molecular flexibility index (Phi) is 4.83. The lowest BCUT2D eigenvalue weighted by molar-refractivity contribution is 0.284. The number of aryl methyl sites for hydroxylation is 1. The van der Waals surface area contributed by atoms with Crippen LogP contribution in [0.1, 0.15) is 11.1 Å². The Morgan fingerprint density at radius 2 is 1.86 bits per heavy atom. The number of benzene rings is 2. The molecule has 0 spiro atoms. The first-order valence-corrected chi connectivity index (χ1v) is 6.43. The van der Waals surface area contributed by atoms with Crippen LogP contribution in [0.5, 0.6) is 11.5 Å². The van der Waals surface area contributed by atoms with Crippen molar-refractivity contribution in [1.82, 2.24) is 0 Å². The Morgan fingerprint density at radius 3 is 2.52 bits per heavy atom. The maximum absolute atomic E-state index is 13.2. The van der Waals surface area contributed by atoms with Crippen molar-refractivity contribution in [3.8, 4) is 11.5 Å². The van der Waals surface area contributed by atoms with Crippen molar-refractivity contribution in [2.45, 2.75) is 13.5 Å². The fraction of sp³-hybridized carbons (Fsp3) is 0.200. The molecule has 0 radical (unpaired) electrons. The van der Waals surface area contributed by atoms with Crippen LogP contribution in [0.4, 0.5) is 4.39 Å². The molecule has 0 fully saturated rings. The van der Waals surface area contributed by atoms with Crippen molar-refractivity contribution in [3.63, 3.8) is 0 Å². The number of methoxy groups -OCH3 is 1. The summed E-state index contributed by atoms with van der Waals surface area (Å²) in [5.41, 5.74) is 1.61. The first-order valence-electron chi connectivity index (χ1n) is 6.43. The maximum Gasteiger partial charge on any atom is 0.488 e. The molecule has 0 atom stereocenters. The van der Waals surface area contributed by atoms with Gasteiger partial charge in [0.1, 0.15) is 12.4 Å². The second-order valence-electron chi connectivity index (χ2n) is 4.66. The second kappa shape index (κ2) is 6.60. The summed E-state index contributed by atoms with van der Waals surface area (Å²) in [5.74, 6) is 0.587. The third kappa shape index (κ3) is 3.74. The predicted octanol–water partition coefficient (Wildman–Crippen LogP) is 1.40. The van der Waals surface area contributed by atoms with E-state index in [9.17, 15) is 14.4 Å². The molecule has 0 aliphatic heterocycles. The van der Waals surface area contributed by atoms with Crippen LogP contribution < -0.4 is 14.9 Å². The van der Waals surface area contributed by atoms with Crippen molar-refractivity contribution in [1.29, 1.82) is 0 Å². The van der Waals surface area contributed by atoms with Crippen LogP contribution in [-0.2, 0) is 6.61 Å². The Labute approximate surface area is 122 Å². The van der Waals surface area contributed by atoms with Crippen LogP contribution in [0.15, 0.2) is 36.4 Å². The average molecular weight is 290 g/mol. The molecule has 2 rings (SSSR count). The van der Waals surface area contributed by atoms with E-state index >= 15 is 0 Å². The van der Waals surface area contributed by atoms with Crippen molar-refractivity contribution in [2.75, 3.05) is 7.11 Å². The molecule has 0 aromatic heterocycles. The number of ether oxygens (including phenoxy) is 2. The van der Waals surface area contributed by atoms with E-state index in [1.54, 1.807) is 13.2 Å². The number of rotatable bonds is 5. The lowest BCUT2D eigenvalue weighted by Gasteiger charge is -2.13. The fourth-order valence-electron chi connectivity index (χ4n) is 1.99. The molecular weight excluding hydrogens is 274 g/mol. The van der Waals surface area contributed by atoms with Gasteiger partial charge in [0.2, 0.25) is 0 Å². The predicted molar refractivity (Wildman–Crippen MR) is 78.3 cm³/mol. The normalized spacial score (nSPS) is 10.3. The Hall–Kier alpha value is -2.05. The molecule has 0 amide bonds. The molecule has 6 heteroatoms. The zero-order valence-corrected chi connectivity index (χ0v) is 11.8. The molecule has 0 saturated carbocycles. The summed E-state index contributed by atoms with van der Waals surface area (Å²) in [5, 5.41) is 18.5. The maximum atomic E-state index is 13.2. The summed E-state index contributed by atoms with van der Waals surface area (Å²) in [6.45, 7) is 2.01. The standard InChI is InChI=1S/C15H16BFO4/c1-10-3-6-14(15(7-10)20-2)21-9-11-4-5-12(17)8-13(11)16(18)19/h3-8,18-19H,9H2,1-2H3. The van der Waals surface area contributed by atoms with Gasteiger partial charge in [-0.2, -0.15) is 0 Å². The van der Waals surface area contributed by atoms with E-state index in [4.69, 9.17) is 9.47 Å². The highest BCUT2D eigenvalue weighted by Gasteiger charge is 2.17. The highest BCUT2D eigenvalue weighted by molar-refractivity contribution is 6.59. The quantitative estimate of drug-likeness (QED) is 0.817. The molecule has 2 N–H and O–H groups in total. The number of hydrogen-bond donors (Lipinski definition) is 2. The van der Waals surface area contributed by atoms with Crippen LogP contribution in [0.2, 0.25) is 0 Å². The monoisotopic (exact) mass is 290 g/mol. The van der Waals surface area contributed by atoms with Gasteiger partial charge in [-0.3, -0.25) is 0 Å². The summed E-state index contributed by atoms with van der Waals surface area (Å²) in [6.07, 6.45) is 0. The van der Waals surface area contributed by atoms with Crippen LogP contribution >= 0.6 is 0 Å². The molecule has 110 valence electrons. The second-order valence-corrected chi connectivity index (χ2v) is 4.66. The molecule has 0 bridgehead atoms. The topological polar surface area (TPSA) is 58.9 Å². The SMILES string of the molecule is COc1cc(C)ccc1OCc1ccc(F)cc1B(O)O. The van der Waals surface area contributed by atoms with Gasteiger partial charge in [-0.15, -0.1) is 0 Å². The fourth-order valence-corrected chi connectivity index (χ4v) is 1.99. The first kappa shape index (κ1) is 15.3. The van der Waals surface area contributed by atoms with Crippen molar-refractivity contribution in [2.24, 2.45) is 0 Å². The van der Waals surface area contributed by atoms with Crippen molar-refractivity contribution < 1.29 is 23.9 Å². The average Bonchev–Trinajstić information content (AvgIpc) is 2.46. The van der Waals surface area contributed by atoms with Gasteiger partial charge in [0, 0.05) is 0 Å². The van der Waals surface area contributed by atoms with E-state index in [1.807, 2.05) is 19.1 Å². The van der Waals surface area contributed by atoms with Crippen molar-refractivity contribution >= 4 is 12.6 Å². The van der Waals surface area contributed by atoms with Gasteiger partial charge in [0.25, 0.3) is 0 Å². The molecule has 2 aromatic rings. The van der Waals surface area contributed by atoms with Gasteiger partial charge >= 0.3 is 7.12 Å². The van der Waals surface area contributed by atoms with Gasteiger partial charge < -0.3 is 19.5 Å². The van der Waals surface area contributed by atoms with E-state index in [1.165, 1.54) is 12.1 Å². The molecule has 0 aliphatic carbocycles. The van der Waals surface area contributed by atoms with Gasteiger partial charge in [-0.1, -0.05) is 12.1 Å². The lowest BCUT2D eigenvalue weighted by Crippen LogP contribution is -2.34. The van der Waals surface area contributed by atoms with Gasteiger partial charge in [-0.25, -0.2) is 4.39 Å². The third-order valence-electron chi connectivity index (χ3n) is 3.09. The summed E-state index contributed by atoms with van der Waals surface area (Å²) >= 11 is 0. The number of hydrogen-bond acceptors (Lipinski definition) is 4. The van der Waals surface area contributed by atoms with Crippen LogP contribution in [0.3, 0.4) is 0 Å². The molecule has 0 aliphatic rings. The van der Waals surface area contributed by atoms with Crippen LogP contribution in [-0.4, -0.2) is 24.3 Å². The van der Waals surface area contributed by atoms with Gasteiger partial charge in [-0.05, 0) is 47.8 Å². The van der Waals surface area contributed by atoms with E-state index in [0.717, 1.165) is 11.6 Å². The van der Waals surface area contributed by atoms with Gasteiger partial charge in [0.15, 0.2) is 11.5 Å². The minimum absolute atomic E-state index is 0.0760. The third-order valence-corrected chi connectivity index (χ3v) is 3.09. The minimum Gasteiger partial charge on any atom is -0.493 e. The molecule has 2 aromatic carbocycles. The van der Waals surface area contributed by atoms with Gasteiger partial charge in [0.05, 0.1) is 7.11 Å². The Balaban J connectivity index is 2.20. The first-order chi connectivity index (χ1) is 10.0. The van der Waals surface area contributed by atoms with E-state index in [-0.39, 0.29) is 12.1 Å².